The molecule has 7 nitrogen and oxygen atoms in total. The van der Waals surface area contributed by atoms with Crippen molar-refractivity contribution in [2.45, 2.75) is 6.92 Å². The van der Waals surface area contributed by atoms with Gasteiger partial charge in [0.2, 0.25) is 0 Å². The number of ether oxygens (including phenoxy) is 1. The van der Waals surface area contributed by atoms with Crippen molar-refractivity contribution >= 4 is 50.9 Å². The number of nitrogens with zero attached hydrogens (tertiary/aromatic N) is 4. The lowest BCUT2D eigenvalue weighted by atomic mass is 10.1. The summed E-state index contributed by atoms with van der Waals surface area (Å²) in [7, 11) is 0. The molecule has 144 valence electrons. The molecule has 1 fully saturated rings. The molecule has 1 N–H and O–H groups in total. The number of rotatable bonds is 2. The molecule has 8 heteroatoms. The second kappa shape index (κ2) is 7.93. The third kappa shape index (κ3) is 3.55. The largest absolute Gasteiger partial charge is 0.450 e. The highest BCUT2D eigenvalue weighted by molar-refractivity contribution is 7.80. The lowest BCUT2D eigenvalue weighted by molar-refractivity contribution is 0.0923. The molecule has 1 aliphatic rings. The van der Waals surface area contributed by atoms with Gasteiger partial charge in [-0.1, -0.05) is 6.07 Å². The molecule has 0 aliphatic carbocycles. The van der Waals surface area contributed by atoms with Crippen LogP contribution in [0.3, 0.4) is 0 Å². The van der Waals surface area contributed by atoms with E-state index < -0.39 is 0 Å². The van der Waals surface area contributed by atoms with Gasteiger partial charge in [-0.3, -0.25) is 9.97 Å². The van der Waals surface area contributed by atoms with Crippen LogP contribution in [0, 0.1) is 0 Å². The minimum atomic E-state index is -0.266. The maximum absolute atomic E-state index is 11.9. The SMILES string of the molecule is CCOC(=O)N1CCN(C(=S)Nc2cc3cccnc3c3cccnc23)CC1. The molecule has 0 atom stereocenters. The number of pyridine rings is 2. The summed E-state index contributed by atoms with van der Waals surface area (Å²) in [4.78, 5) is 24.7. The molecular weight excluding hydrogens is 374 g/mol. The second-order valence-electron chi connectivity index (χ2n) is 6.50. The zero-order valence-corrected chi connectivity index (χ0v) is 16.4. The van der Waals surface area contributed by atoms with Gasteiger partial charge < -0.3 is 19.9 Å². The quantitative estimate of drug-likeness (QED) is 0.527. The Morgan fingerprint density at radius 1 is 1.11 bits per heavy atom. The Balaban J connectivity index is 1.53. The number of carbonyl (C=O) groups excluding carboxylic acids is 1. The first-order chi connectivity index (χ1) is 13.7. The van der Waals surface area contributed by atoms with E-state index in [-0.39, 0.29) is 6.09 Å². The number of piperazine rings is 1. The van der Waals surface area contributed by atoms with Crippen molar-refractivity contribution in [3.63, 3.8) is 0 Å². The molecule has 1 saturated heterocycles. The summed E-state index contributed by atoms with van der Waals surface area (Å²) in [6.45, 7) is 4.68. The van der Waals surface area contributed by atoms with Gasteiger partial charge in [-0.2, -0.15) is 0 Å². The van der Waals surface area contributed by atoms with Gasteiger partial charge in [0.1, 0.15) is 0 Å². The molecule has 28 heavy (non-hydrogen) atoms. The molecule has 0 unspecified atom stereocenters. The highest BCUT2D eigenvalue weighted by Gasteiger charge is 2.23. The third-order valence-corrected chi connectivity index (χ3v) is 5.15. The summed E-state index contributed by atoms with van der Waals surface area (Å²) in [5.41, 5.74) is 2.61. The van der Waals surface area contributed by atoms with Crippen LogP contribution in [-0.4, -0.2) is 63.8 Å². The Morgan fingerprint density at radius 3 is 2.54 bits per heavy atom. The molecule has 1 amide bonds. The smallest absolute Gasteiger partial charge is 0.409 e. The second-order valence-corrected chi connectivity index (χ2v) is 6.89. The van der Waals surface area contributed by atoms with Crippen molar-refractivity contribution in [1.82, 2.24) is 19.8 Å². The number of aromatic nitrogens is 2. The minimum absolute atomic E-state index is 0.266. The van der Waals surface area contributed by atoms with Crippen molar-refractivity contribution in [3.8, 4) is 0 Å². The Labute approximate surface area is 168 Å². The van der Waals surface area contributed by atoms with Crippen LogP contribution in [0.1, 0.15) is 6.92 Å². The average Bonchev–Trinajstić information content (AvgIpc) is 2.74. The first kappa shape index (κ1) is 18.4. The number of fused-ring (bicyclic) bond motifs is 3. The van der Waals surface area contributed by atoms with Gasteiger partial charge in [0.15, 0.2) is 5.11 Å². The predicted molar refractivity (Wildman–Crippen MR) is 113 cm³/mol. The fourth-order valence-corrected chi connectivity index (χ4v) is 3.68. The van der Waals surface area contributed by atoms with E-state index >= 15 is 0 Å². The van der Waals surface area contributed by atoms with Crippen LogP contribution in [-0.2, 0) is 4.74 Å². The van der Waals surface area contributed by atoms with Crippen molar-refractivity contribution in [3.05, 3.63) is 42.7 Å². The van der Waals surface area contributed by atoms with Gasteiger partial charge in [-0.05, 0) is 43.4 Å². The van der Waals surface area contributed by atoms with Crippen molar-refractivity contribution in [2.75, 3.05) is 38.1 Å². The van der Waals surface area contributed by atoms with E-state index in [0.29, 0.717) is 37.9 Å². The maximum Gasteiger partial charge on any atom is 0.409 e. The van der Waals surface area contributed by atoms with Crippen LogP contribution >= 0.6 is 12.2 Å². The number of amides is 1. The van der Waals surface area contributed by atoms with Gasteiger partial charge in [0.25, 0.3) is 0 Å². The highest BCUT2D eigenvalue weighted by Crippen LogP contribution is 2.29. The number of hydrogen-bond donors (Lipinski definition) is 1. The molecule has 1 aliphatic heterocycles. The van der Waals surface area contributed by atoms with Crippen molar-refractivity contribution in [1.29, 1.82) is 0 Å². The van der Waals surface area contributed by atoms with Crippen LogP contribution in [0.2, 0.25) is 0 Å². The zero-order valence-electron chi connectivity index (χ0n) is 15.6. The van der Waals surface area contributed by atoms with Crippen LogP contribution in [0.5, 0.6) is 0 Å². The molecule has 0 bridgehead atoms. The molecule has 0 spiro atoms. The third-order valence-electron chi connectivity index (χ3n) is 4.79. The van der Waals surface area contributed by atoms with E-state index in [1.807, 2.05) is 37.3 Å². The number of nitrogens with one attached hydrogen (secondary N) is 1. The topological polar surface area (TPSA) is 70.6 Å². The number of thiocarbonyl (C=S) groups is 1. The number of anilines is 1. The van der Waals surface area contributed by atoms with E-state index in [0.717, 1.165) is 27.5 Å². The Bertz CT molecular complexity index is 1030. The van der Waals surface area contributed by atoms with Gasteiger partial charge in [0.05, 0.1) is 23.3 Å². The minimum Gasteiger partial charge on any atom is -0.450 e. The average molecular weight is 395 g/mol. The Kier molecular flexibility index (Phi) is 5.21. The number of hydrogen-bond acceptors (Lipinski definition) is 5. The van der Waals surface area contributed by atoms with Gasteiger partial charge in [0, 0.05) is 49.3 Å². The summed E-state index contributed by atoms with van der Waals surface area (Å²) >= 11 is 5.63. The molecular formula is C20H21N5O2S. The summed E-state index contributed by atoms with van der Waals surface area (Å²) in [6.07, 6.45) is 3.29. The zero-order chi connectivity index (χ0) is 19.5. The number of carbonyl (C=O) groups is 1. The molecule has 3 heterocycles. The van der Waals surface area contributed by atoms with E-state index in [2.05, 4.69) is 20.2 Å². The van der Waals surface area contributed by atoms with E-state index in [1.54, 1.807) is 17.3 Å². The Hall–Kier alpha value is -3.00. The van der Waals surface area contributed by atoms with Crippen LogP contribution < -0.4 is 5.32 Å². The molecule has 4 rings (SSSR count). The standard InChI is InChI=1S/C20H21N5O2S/c1-2-27-20(26)25-11-9-24(10-12-25)19(28)23-16-13-14-5-3-7-21-17(14)15-6-4-8-22-18(15)16/h3-8,13H,2,9-12H2,1H3,(H,23,28). The van der Waals surface area contributed by atoms with E-state index in [1.165, 1.54) is 0 Å². The van der Waals surface area contributed by atoms with Gasteiger partial charge in [-0.25, -0.2) is 4.79 Å². The lowest BCUT2D eigenvalue weighted by Gasteiger charge is -2.35. The van der Waals surface area contributed by atoms with Crippen LogP contribution in [0.4, 0.5) is 10.5 Å². The molecule has 3 aromatic rings. The predicted octanol–water partition coefficient (Wildman–Crippen LogP) is 3.25. The van der Waals surface area contributed by atoms with E-state index in [4.69, 9.17) is 17.0 Å². The van der Waals surface area contributed by atoms with Crippen molar-refractivity contribution < 1.29 is 9.53 Å². The van der Waals surface area contributed by atoms with Crippen LogP contribution in [0.25, 0.3) is 21.8 Å². The fraction of sp³-hybridized carbons (Fsp3) is 0.300. The number of benzene rings is 1. The molecule has 1 aromatic carbocycles. The Morgan fingerprint density at radius 2 is 1.79 bits per heavy atom. The summed E-state index contributed by atoms with van der Waals surface area (Å²) in [5.74, 6) is 0. The van der Waals surface area contributed by atoms with Gasteiger partial charge >= 0.3 is 6.09 Å². The van der Waals surface area contributed by atoms with E-state index in [9.17, 15) is 4.79 Å². The maximum atomic E-state index is 11.9. The fourth-order valence-electron chi connectivity index (χ4n) is 3.39. The molecule has 2 aromatic heterocycles. The summed E-state index contributed by atoms with van der Waals surface area (Å²) in [5, 5.41) is 5.98. The molecule has 0 saturated carbocycles. The van der Waals surface area contributed by atoms with Gasteiger partial charge in [-0.15, -0.1) is 0 Å². The van der Waals surface area contributed by atoms with Crippen molar-refractivity contribution in [2.24, 2.45) is 0 Å². The lowest BCUT2D eigenvalue weighted by Crippen LogP contribution is -2.51. The normalized spacial score (nSPS) is 14.3. The summed E-state index contributed by atoms with van der Waals surface area (Å²) < 4.78 is 5.07. The first-order valence-corrected chi connectivity index (χ1v) is 9.68. The molecule has 0 radical (unpaired) electrons. The summed E-state index contributed by atoms with van der Waals surface area (Å²) in [6, 6.07) is 9.90. The van der Waals surface area contributed by atoms with Crippen LogP contribution in [0.15, 0.2) is 42.7 Å². The first-order valence-electron chi connectivity index (χ1n) is 9.27. The highest BCUT2D eigenvalue weighted by atomic mass is 32.1. The monoisotopic (exact) mass is 395 g/mol.